The Morgan fingerprint density at radius 2 is 1.70 bits per heavy atom. The first-order valence-corrected chi connectivity index (χ1v) is 8.14. The maximum atomic E-state index is 10.4. The third kappa shape index (κ3) is 1.65. The van der Waals surface area contributed by atoms with Gasteiger partial charge in [-0.15, -0.1) is 0 Å². The molecule has 5 unspecified atom stereocenters. The number of aliphatic hydroxyl groups is 3. The molecule has 1 aromatic carbocycles. The summed E-state index contributed by atoms with van der Waals surface area (Å²) in [5.41, 5.74) is 4.35. The Morgan fingerprint density at radius 1 is 0.913 bits per heavy atom. The Morgan fingerprint density at radius 3 is 2.57 bits per heavy atom. The van der Waals surface area contributed by atoms with E-state index in [1.165, 1.54) is 21.6 Å². The summed E-state index contributed by atoms with van der Waals surface area (Å²) >= 11 is 0. The molecule has 0 radical (unpaired) electrons. The molecule has 4 aliphatic carbocycles. The van der Waals surface area contributed by atoms with Crippen molar-refractivity contribution in [3.8, 4) is 0 Å². The molecule has 5 rings (SSSR count). The lowest BCUT2D eigenvalue weighted by Crippen LogP contribution is -2.51. The van der Waals surface area contributed by atoms with E-state index in [2.05, 4.69) is 30.4 Å². The Kier molecular flexibility index (Phi) is 2.66. The largest absolute Gasteiger partial charge is 0.390 e. The van der Waals surface area contributed by atoms with Crippen LogP contribution in [0.3, 0.4) is 0 Å². The molecule has 3 nitrogen and oxygen atoms in total. The third-order valence-corrected chi connectivity index (χ3v) is 5.74. The van der Waals surface area contributed by atoms with Gasteiger partial charge in [0.2, 0.25) is 0 Å². The fourth-order valence-corrected chi connectivity index (χ4v) is 4.66. The average Bonchev–Trinajstić information content (AvgIpc) is 2.59. The van der Waals surface area contributed by atoms with Gasteiger partial charge in [0.15, 0.2) is 0 Å². The molecule has 0 amide bonds. The van der Waals surface area contributed by atoms with Crippen molar-refractivity contribution in [2.75, 3.05) is 0 Å². The lowest BCUT2D eigenvalue weighted by molar-refractivity contribution is -0.0734. The summed E-state index contributed by atoms with van der Waals surface area (Å²) in [6.07, 6.45) is 6.07. The molecule has 116 valence electrons. The molecule has 0 spiro atoms. The SMILES string of the molecule is OC1C2=C3C4C(=CCC3C(O)C1O)C=c1ccccc1=C4C=C2. The predicted molar refractivity (Wildman–Crippen MR) is 87.4 cm³/mol. The van der Waals surface area contributed by atoms with E-state index in [9.17, 15) is 15.3 Å². The van der Waals surface area contributed by atoms with Gasteiger partial charge >= 0.3 is 0 Å². The van der Waals surface area contributed by atoms with Gasteiger partial charge in [0.1, 0.15) is 12.2 Å². The third-order valence-electron chi connectivity index (χ3n) is 5.74. The van der Waals surface area contributed by atoms with Crippen LogP contribution >= 0.6 is 0 Å². The van der Waals surface area contributed by atoms with E-state index in [1.54, 1.807) is 0 Å². The van der Waals surface area contributed by atoms with Crippen LogP contribution in [0.15, 0.2) is 59.2 Å². The van der Waals surface area contributed by atoms with Crippen LogP contribution in [-0.2, 0) is 0 Å². The minimum atomic E-state index is -1.11. The van der Waals surface area contributed by atoms with Gasteiger partial charge in [0, 0.05) is 11.8 Å². The first-order valence-electron chi connectivity index (χ1n) is 8.14. The molecule has 0 saturated heterocycles. The molecule has 0 aliphatic heterocycles. The molecule has 0 saturated carbocycles. The molecule has 5 atom stereocenters. The maximum absolute atomic E-state index is 10.4. The summed E-state index contributed by atoms with van der Waals surface area (Å²) in [5.74, 6) is -0.0174. The van der Waals surface area contributed by atoms with Crippen LogP contribution in [0.1, 0.15) is 6.42 Å². The first kappa shape index (κ1) is 13.5. The zero-order chi connectivity index (χ0) is 15.7. The van der Waals surface area contributed by atoms with Crippen molar-refractivity contribution in [1.82, 2.24) is 0 Å². The predicted octanol–water partition coefficient (Wildman–Crippen LogP) is 0.157. The van der Waals surface area contributed by atoms with Crippen LogP contribution in [0.4, 0.5) is 0 Å². The van der Waals surface area contributed by atoms with Gasteiger partial charge in [-0.05, 0) is 39.2 Å². The van der Waals surface area contributed by atoms with Crippen molar-refractivity contribution in [2.45, 2.75) is 24.7 Å². The molecule has 3 heteroatoms. The number of rotatable bonds is 0. The average molecular weight is 306 g/mol. The number of aliphatic hydroxyl groups excluding tert-OH is 3. The maximum Gasteiger partial charge on any atom is 0.110 e. The highest BCUT2D eigenvalue weighted by Crippen LogP contribution is 2.50. The Bertz CT molecular complexity index is 918. The van der Waals surface area contributed by atoms with Gasteiger partial charge in [0.05, 0.1) is 6.10 Å². The summed E-state index contributed by atoms with van der Waals surface area (Å²) in [4.78, 5) is 0. The number of fused-ring (bicyclic) bond motifs is 1. The molecule has 0 bridgehead atoms. The van der Waals surface area contributed by atoms with Crippen molar-refractivity contribution in [1.29, 1.82) is 0 Å². The number of hydrogen-bond acceptors (Lipinski definition) is 3. The van der Waals surface area contributed by atoms with E-state index < -0.39 is 18.3 Å². The fraction of sp³-hybridized carbons (Fsp3) is 0.300. The van der Waals surface area contributed by atoms with Crippen LogP contribution in [0.5, 0.6) is 0 Å². The highest BCUT2D eigenvalue weighted by molar-refractivity contribution is 5.79. The zero-order valence-electron chi connectivity index (χ0n) is 12.6. The van der Waals surface area contributed by atoms with Crippen LogP contribution < -0.4 is 10.4 Å². The first-order chi connectivity index (χ1) is 11.2. The van der Waals surface area contributed by atoms with Crippen molar-refractivity contribution < 1.29 is 15.3 Å². The monoisotopic (exact) mass is 306 g/mol. The van der Waals surface area contributed by atoms with E-state index >= 15 is 0 Å². The lowest BCUT2D eigenvalue weighted by Gasteiger charge is -2.46. The minimum Gasteiger partial charge on any atom is -0.390 e. The summed E-state index contributed by atoms with van der Waals surface area (Å²) in [6, 6.07) is 8.34. The summed E-state index contributed by atoms with van der Waals surface area (Å²) in [6.45, 7) is 0. The summed E-state index contributed by atoms with van der Waals surface area (Å²) in [7, 11) is 0. The van der Waals surface area contributed by atoms with Crippen molar-refractivity contribution in [3.63, 3.8) is 0 Å². The van der Waals surface area contributed by atoms with E-state index in [4.69, 9.17) is 0 Å². The molecule has 23 heavy (non-hydrogen) atoms. The van der Waals surface area contributed by atoms with E-state index in [0.717, 1.165) is 11.1 Å². The Hall–Kier alpha value is -1.94. The molecule has 4 aliphatic rings. The lowest BCUT2D eigenvalue weighted by atomic mass is 9.61. The molecule has 0 heterocycles. The molecule has 0 aromatic heterocycles. The Balaban J connectivity index is 1.84. The molecular weight excluding hydrogens is 288 g/mol. The fourth-order valence-electron chi connectivity index (χ4n) is 4.66. The Labute approximate surface area is 133 Å². The van der Waals surface area contributed by atoms with Gasteiger partial charge in [-0.2, -0.15) is 0 Å². The van der Waals surface area contributed by atoms with E-state index in [-0.39, 0.29) is 11.8 Å². The van der Waals surface area contributed by atoms with Crippen LogP contribution in [-0.4, -0.2) is 33.6 Å². The van der Waals surface area contributed by atoms with Gasteiger partial charge < -0.3 is 15.3 Å². The van der Waals surface area contributed by atoms with Gasteiger partial charge in [0.25, 0.3) is 0 Å². The van der Waals surface area contributed by atoms with Gasteiger partial charge in [-0.3, -0.25) is 0 Å². The second kappa shape index (κ2) is 4.54. The summed E-state index contributed by atoms with van der Waals surface area (Å²) < 4.78 is 0. The quantitative estimate of drug-likeness (QED) is 0.640. The normalized spacial score (nSPS) is 36.9. The van der Waals surface area contributed by atoms with Crippen molar-refractivity contribution >= 4 is 11.6 Å². The summed E-state index contributed by atoms with van der Waals surface area (Å²) in [5, 5.41) is 33.4. The topological polar surface area (TPSA) is 60.7 Å². The molecule has 1 aromatic rings. The highest BCUT2D eigenvalue weighted by Gasteiger charge is 2.47. The number of allylic oxidation sites excluding steroid dienone is 3. The van der Waals surface area contributed by atoms with Gasteiger partial charge in [-0.1, -0.05) is 48.6 Å². The van der Waals surface area contributed by atoms with Gasteiger partial charge in [-0.25, -0.2) is 0 Å². The standard InChI is InChI=1S/C20H18O3/c21-18-14-6-5-11-9-10-3-1-2-4-12(10)13-7-8-15(17(14)16(11)13)19(22)20(18)23/h1-5,7-9,14,16,18-23H,6H2. The number of benzene rings is 1. The number of hydrogen-bond donors (Lipinski definition) is 3. The molecular formula is C20H18O3. The van der Waals surface area contributed by atoms with E-state index in [1.807, 2.05) is 18.2 Å². The van der Waals surface area contributed by atoms with Crippen LogP contribution in [0.2, 0.25) is 0 Å². The molecule has 3 N–H and O–H groups in total. The second-order valence-electron chi connectivity index (χ2n) is 6.84. The van der Waals surface area contributed by atoms with Crippen LogP contribution in [0.25, 0.3) is 11.6 Å². The van der Waals surface area contributed by atoms with Crippen molar-refractivity contribution in [2.24, 2.45) is 11.8 Å². The van der Waals surface area contributed by atoms with E-state index in [0.29, 0.717) is 6.42 Å². The second-order valence-corrected chi connectivity index (χ2v) is 6.84. The molecule has 0 fully saturated rings. The zero-order valence-corrected chi connectivity index (χ0v) is 12.6. The smallest absolute Gasteiger partial charge is 0.110 e. The highest BCUT2D eigenvalue weighted by atomic mass is 16.4. The minimum absolute atomic E-state index is 0.0976. The van der Waals surface area contributed by atoms with Crippen molar-refractivity contribution in [3.05, 3.63) is 69.7 Å². The van der Waals surface area contributed by atoms with Crippen LogP contribution in [0, 0.1) is 11.8 Å².